The van der Waals surface area contributed by atoms with Gasteiger partial charge in [0.1, 0.15) is 5.82 Å². The molecule has 1 amide bonds. The maximum atomic E-state index is 13.6. The van der Waals surface area contributed by atoms with E-state index in [1.807, 2.05) is 5.43 Å². The summed E-state index contributed by atoms with van der Waals surface area (Å²) in [5.74, 6) is 3.52. The van der Waals surface area contributed by atoms with Crippen molar-refractivity contribution in [3.8, 4) is 0 Å². The van der Waals surface area contributed by atoms with Crippen molar-refractivity contribution >= 4 is 5.91 Å². The van der Waals surface area contributed by atoms with Crippen molar-refractivity contribution in [1.29, 1.82) is 0 Å². The number of benzene rings is 1. The van der Waals surface area contributed by atoms with Crippen LogP contribution in [0.5, 0.6) is 0 Å². The molecular formula is C12H15F4N3O2. The Kier molecular flexibility index (Phi) is 6.06. The fourth-order valence-electron chi connectivity index (χ4n) is 1.77. The van der Waals surface area contributed by atoms with E-state index in [0.717, 1.165) is 17.0 Å². The van der Waals surface area contributed by atoms with Gasteiger partial charge in [0.2, 0.25) is 0 Å². The van der Waals surface area contributed by atoms with Crippen LogP contribution in [0.3, 0.4) is 0 Å². The molecule has 118 valence electrons. The first-order valence-electron chi connectivity index (χ1n) is 5.96. The van der Waals surface area contributed by atoms with E-state index in [-0.39, 0.29) is 17.7 Å². The Morgan fingerprint density at radius 2 is 2.05 bits per heavy atom. The molecule has 0 aliphatic rings. The molecule has 0 saturated carbocycles. The number of aliphatic hydroxyl groups excluding tert-OH is 1. The lowest BCUT2D eigenvalue weighted by atomic mass is 10.1. The predicted molar refractivity (Wildman–Crippen MR) is 66.5 cm³/mol. The summed E-state index contributed by atoms with van der Waals surface area (Å²) in [7, 11) is 0. The molecule has 9 heteroatoms. The molecule has 21 heavy (non-hydrogen) atoms. The molecule has 0 fully saturated rings. The van der Waals surface area contributed by atoms with Crippen LogP contribution < -0.4 is 11.3 Å². The SMILES string of the molecule is NNC(=O)c1ccc(F)c(CN(CCO)CC(F)(F)F)c1. The molecule has 1 aromatic carbocycles. The van der Waals surface area contributed by atoms with E-state index in [1.165, 1.54) is 6.07 Å². The van der Waals surface area contributed by atoms with Gasteiger partial charge in [0.25, 0.3) is 5.91 Å². The molecule has 0 aliphatic carbocycles. The maximum Gasteiger partial charge on any atom is 0.401 e. The number of nitrogens with one attached hydrogen (secondary N) is 1. The number of nitrogens with zero attached hydrogens (tertiary/aromatic N) is 1. The minimum atomic E-state index is -4.47. The molecule has 5 nitrogen and oxygen atoms in total. The summed E-state index contributed by atoms with van der Waals surface area (Å²) in [6.45, 7) is -2.45. The molecule has 1 rings (SSSR count). The largest absolute Gasteiger partial charge is 0.401 e. The van der Waals surface area contributed by atoms with Crippen LogP contribution in [0.25, 0.3) is 0 Å². The molecular weight excluding hydrogens is 294 g/mol. The second-order valence-electron chi connectivity index (χ2n) is 4.33. The van der Waals surface area contributed by atoms with Crippen molar-refractivity contribution in [3.05, 3.63) is 35.1 Å². The molecule has 0 aliphatic heterocycles. The van der Waals surface area contributed by atoms with Gasteiger partial charge >= 0.3 is 6.18 Å². The minimum Gasteiger partial charge on any atom is -0.395 e. The second-order valence-corrected chi connectivity index (χ2v) is 4.33. The number of nitrogen functional groups attached to an aromatic ring is 1. The smallest absolute Gasteiger partial charge is 0.395 e. The number of alkyl halides is 3. The van der Waals surface area contributed by atoms with E-state index in [1.54, 1.807) is 0 Å². The number of rotatable bonds is 6. The van der Waals surface area contributed by atoms with Crippen molar-refractivity contribution in [2.45, 2.75) is 12.7 Å². The second kappa shape index (κ2) is 7.34. The molecule has 0 atom stereocenters. The molecule has 0 unspecified atom stereocenters. The Bertz CT molecular complexity index is 494. The first-order valence-corrected chi connectivity index (χ1v) is 5.96. The van der Waals surface area contributed by atoms with Gasteiger partial charge in [0, 0.05) is 24.2 Å². The van der Waals surface area contributed by atoms with Crippen molar-refractivity contribution in [2.24, 2.45) is 5.84 Å². The van der Waals surface area contributed by atoms with Gasteiger partial charge in [0.15, 0.2) is 0 Å². The fraction of sp³-hybridized carbons (Fsp3) is 0.417. The standard InChI is InChI=1S/C12H15F4N3O2/c13-10-2-1-8(11(21)18-17)5-9(10)6-19(3-4-20)7-12(14,15)16/h1-2,5,20H,3-4,6-7,17H2,(H,18,21). The molecule has 0 bridgehead atoms. The Morgan fingerprint density at radius 3 is 2.57 bits per heavy atom. The highest BCUT2D eigenvalue weighted by Crippen LogP contribution is 2.19. The van der Waals surface area contributed by atoms with E-state index < -0.39 is 37.6 Å². The van der Waals surface area contributed by atoms with Gasteiger partial charge in [-0.15, -0.1) is 0 Å². The van der Waals surface area contributed by atoms with Gasteiger partial charge in [-0.05, 0) is 18.2 Å². The third kappa shape index (κ3) is 5.66. The molecule has 0 heterocycles. The van der Waals surface area contributed by atoms with Crippen molar-refractivity contribution in [2.75, 3.05) is 19.7 Å². The molecule has 0 spiro atoms. The first-order chi connectivity index (χ1) is 9.76. The van der Waals surface area contributed by atoms with Gasteiger partial charge < -0.3 is 5.11 Å². The Hall–Kier alpha value is -1.71. The monoisotopic (exact) mass is 309 g/mol. The average molecular weight is 309 g/mol. The fourth-order valence-corrected chi connectivity index (χ4v) is 1.77. The number of hydrogen-bond donors (Lipinski definition) is 3. The Morgan fingerprint density at radius 1 is 1.38 bits per heavy atom. The third-order valence-electron chi connectivity index (χ3n) is 2.65. The number of hydrazine groups is 1. The number of hydrogen-bond acceptors (Lipinski definition) is 4. The van der Waals surface area contributed by atoms with E-state index in [2.05, 4.69) is 0 Å². The van der Waals surface area contributed by atoms with Crippen LogP contribution in [0.1, 0.15) is 15.9 Å². The van der Waals surface area contributed by atoms with Crippen LogP contribution in [0.4, 0.5) is 17.6 Å². The quantitative estimate of drug-likeness (QED) is 0.314. The zero-order valence-electron chi connectivity index (χ0n) is 11.0. The zero-order valence-corrected chi connectivity index (χ0v) is 11.0. The van der Waals surface area contributed by atoms with E-state index in [0.29, 0.717) is 0 Å². The highest BCUT2D eigenvalue weighted by molar-refractivity contribution is 5.93. The van der Waals surface area contributed by atoms with Crippen LogP contribution in [0.15, 0.2) is 18.2 Å². The number of carbonyl (C=O) groups excluding carboxylic acids is 1. The van der Waals surface area contributed by atoms with E-state index in [9.17, 15) is 22.4 Å². The van der Waals surface area contributed by atoms with Gasteiger partial charge in [-0.2, -0.15) is 13.2 Å². The number of aliphatic hydroxyl groups is 1. The molecule has 1 aromatic rings. The summed E-state index contributed by atoms with van der Waals surface area (Å²) in [5.41, 5.74) is 1.79. The Balaban J connectivity index is 2.94. The topological polar surface area (TPSA) is 78.6 Å². The zero-order chi connectivity index (χ0) is 16.0. The number of carbonyl (C=O) groups is 1. The highest BCUT2D eigenvalue weighted by Gasteiger charge is 2.30. The number of nitrogens with two attached hydrogens (primary N) is 1. The summed E-state index contributed by atoms with van der Waals surface area (Å²) in [5, 5.41) is 8.78. The maximum absolute atomic E-state index is 13.6. The molecule has 0 radical (unpaired) electrons. The van der Waals surface area contributed by atoms with Crippen LogP contribution in [0, 0.1) is 5.82 Å². The van der Waals surface area contributed by atoms with Gasteiger partial charge in [-0.1, -0.05) is 0 Å². The van der Waals surface area contributed by atoms with E-state index >= 15 is 0 Å². The van der Waals surface area contributed by atoms with Crippen molar-refractivity contribution in [3.63, 3.8) is 0 Å². The lowest BCUT2D eigenvalue weighted by molar-refractivity contribution is -0.148. The van der Waals surface area contributed by atoms with Gasteiger partial charge in [-0.25, -0.2) is 10.2 Å². The molecule has 4 N–H and O–H groups in total. The molecule has 0 aromatic heterocycles. The number of halogens is 4. The highest BCUT2D eigenvalue weighted by atomic mass is 19.4. The number of amides is 1. The van der Waals surface area contributed by atoms with Crippen LogP contribution >= 0.6 is 0 Å². The van der Waals surface area contributed by atoms with Crippen molar-refractivity contribution < 1.29 is 27.5 Å². The summed E-state index contributed by atoms with van der Waals surface area (Å²) < 4.78 is 50.8. The predicted octanol–water partition coefficient (Wildman–Crippen LogP) is 0.786. The van der Waals surface area contributed by atoms with E-state index in [4.69, 9.17) is 10.9 Å². The van der Waals surface area contributed by atoms with Crippen LogP contribution in [0.2, 0.25) is 0 Å². The lowest BCUT2D eigenvalue weighted by Gasteiger charge is -2.23. The normalized spacial score (nSPS) is 11.8. The molecule has 0 saturated heterocycles. The summed E-state index contributed by atoms with van der Waals surface area (Å²) >= 11 is 0. The first kappa shape index (κ1) is 17.3. The lowest BCUT2D eigenvalue weighted by Crippen LogP contribution is -2.36. The Labute approximate surface area is 118 Å². The van der Waals surface area contributed by atoms with Gasteiger partial charge in [0.05, 0.1) is 13.2 Å². The van der Waals surface area contributed by atoms with Crippen molar-refractivity contribution in [1.82, 2.24) is 10.3 Å². The van der Waals surface area contributed by atoms with Crippen LogP contribution in [-0.2, 0) is 6.54 Å². The average Bonchev–Trinajstić information content (AvgIpc) is 2.38. The minimum absolute atomic E-state index is 0.0323. The summed E-state index contributed by atoms with van der Waals surface area (Å²) in [6.07, 6.45) is -4.47. The van der Waals surface area contributed by atoms with Crippen LogP contribution in [-0.4, -0.2) is 41.8 Å². The summed E-state index contributed by atoms with van der Waals surface area (Å²) in [6, 6.07) is 3.27. The van der Waals surface area contributed by atoms with Gasteiger partial charge in [-0.3, -0.25) is 15.1 Å². The summed E-state index contributed by atoms with van der Waals surface area (Å²) in [4.78, 5) is 12.2. The third-order valence-corrected chi connectivity index (χ3v) is 2.65.